The molecule has 0 unspecified atom stereocenters. The molecule has 2 aromatic carbocycles. The molecule has 1 aliphatic rings. The van der Waals surface area contributed by atoms with Gasteiger partial charge in [0.25, 0.3) is 0 Å². The molecule has 2 atom stereocenters. The summed E-state index contributed by atoms with van der Waals surface area (Å²) >= 11 is 0. The van der Waals surface area contributed by atoms with Gasteiger partial charge in [0.15, 0.2) is 0 Å². The molecule has 0 heterocycles. The Morgan fingerprint density at radius 2 is 1.04 bits per heavy atom. The maximum Gasteiger partial charge on any atom is 0.230 e. The van der Waals surface area contributed by atoms with Crippen LogP contribution in [-0.2, 0) is 9.59 Å². The van der Waals surface area contributed by atoms with Crippen LogP contribution in [0.4, 0.5) is 11.4 Å². The zero-order chi connectivity index (χ0) is 18.5. The maximum absolute atomic E-state index is 13.1. The summed E-state index contributed by atoms with van der Waals surface area (Å²) in [4.78, 5) is 29.5. The highest BCUT2D eigenvalue weighted by Gasteiger charge is 2.37. The molecule has 0 N–H and O–H groups in total. The number of hydrogen-bond donors (Lipinski definition) is 0. The van der Waals surface area contributed by atoms with E-state index in [-0.39, 0.29) is 23.7 Å². The fourth-order valence-electron chi connectivity index (χ4n) is 3.42. The first-order chi connectivity index (χ1) is 12.6. The molecule has 0 bridgehead atoms. The first-order valence-electron chi connectivity index (χ1n) is 8.90. The highest BCUT2D eigenvalue weighted by Crippen LogP contribution is 2.31. The summed E-state index contributed by atoms with van der Waals surface area (Å²) < 4.78 is 0. The largest absolute Gasteiger partial charge is 0.315 e. The van der Waals surface area contributed by atoms with Crippen molar-refractivity contribution in [3.8, 4) is 0 Å². The van der Waals surface area contributed by atoms with E-state index in [0.29, 0.717) is 12.8 Å². The van der Waals surface area contributed by atoms with Crippen molar-refractivity contribution in [1.82, 2.24) is 0 Å². The number of anilines is 2. The number of amides is 2. The third-order valence-corrected chi connectivity index (χ3v) is 5.01. The minimum Gasteiger partial charge on any atom is -0.315 e. The van der Waals surface area contributed by atoms with Crippen LogP contribution in [0.25, 0.3) is 0 Å². The van der Waals surface area contributed by atoms with E-state index in [1.54, 1.807) is 23.9 Å². The zero-order valence-corrected chi connectivity index (χ0v) is 15.2. The molecule has 0 spiro atoms. The first kappa shape index (κ1) is 17.9. The van der Waals surface area contributed by atoms with Gasteiger partial charge in [-0.05, 0) is 37.1 Å². The van der Waals surface area contributed by atoms with Crippen LogP contribution in [0.2, 0.25) is 0 Å². The number of carbonyl (C=O) groups is 2. The second-order valence-electron chi connectivity index (χ2n) is 6.62. The standard InChI is InChI=1S/C22H24N2O2/c1-23(17-11-5-3-6-12-17)21(25)19-15-9-10-16-20(19)22(26)24(2)18-13-7-4-8-14-18/h3-14,19-20H,15-16H2,1-2H3/t19-,20-/m1/s1. The first-order valence-corrected chi connectivity index (χ1v) is 8.90. The highest BCUT2D eigenvalue weighted by molar-refractivity contribution is 6.01. The summed E-state index contributed by atoms with van der Waals surface area (Å²) in [6.07, 6.45) is 5.20. The van der Waals surface area contributed by atoms with Gasteiger partial charge in [-0.2, -0.15) is 0 Å². The average Bonchev–Trinajstić information content (AvgIpc) is 2.73. The molecule has 26 heavy (non-hydrogen) atoms. The van der Waals surface area contributed by atoms with Crippen molar-refractivity contribution in [2.75, 3.05) is 23.9 Å². The normalized spacial score (nSPS) is 19.0. The Bertz CT molecular complexity index is 719. The SMILES string of the molecule is CN(C(=O)[C@@H]1CC=CC[C@H]1C(=O)N(C)c1ccccc1)c1ccccc1. The van der Waals surface area contributed by atoms with Crippen LogP contribution in [0.1, 0.15) is 12.8 Å². The van der Waals surface area contributed by atoms with Gasteiger partial charge in [-0.15, -0.1) is 0 Å². The quantitative estimate of drug-likeness (QED) is 0.787. The molecular formula is C22H24N2O2. The summed E-state index contributed by atoms with van der Waals surface area (Å²) in [5.74, 6) is -0.714. The van der Waals surface area contributed by atoms with Gasteiger partial charge in [-0.3, -0.25) is 9.59 Å². The van der Waals surface area contributed by atoms with Crippen LogP contribution >= 0.6 is 0 Å². The third-order valence-electron chi connectivity index (χ3n) is 5.01. The summed E-state index contributed by atoms with van der Waals surface area (Å²) in [5, 5.41) is 0. The molecule has 1 aliphatic carbocycles. The Morgan fingerprint density at radius 1 is 0.692 bits per heavy atom. The highest BCUT2D eigenvalue weighted by atomic mass is 16.2. The number of para-hydroxylation sites is 2. The lowest BCUT2D eigenvalue weighted by Gasteiger charge is -2.32. The number of hydrogen-bond acceptors (Lipinski definition) is 2. The number of carbonyl (C=O) groups excluding carboxylic acids is 2. The van der Waals surface area contributed by atoms with Crippen LogP contribution in [0, 0.1) is 11.8 Å². The number of nitrogens with zero attached hydrogens (tertiary/aromatic N) is 2. The molecule has 0 fully saturated rings. The van der Waals surface area contributed by atoms with Gasteiger partial charge >= 0.3 is 0 Å². The second kappa shape index (κ2) is 8.00. The van der Waals surface area contributed by atoms with Gasteiger partial charge in [0.1, 0.15) is 0 Å². The van der Waals surface area contributed by atoms with Crippen LogP contribution in [0.15, 0.2) is 72.8 Å². The third kappa shape index (κ3) is 3.69. The van der Waals surface area contributed by atoms with E-state index in [1.165, 1.54) is 0 Å². The second-order valence-corrected chi connectivity index (χ2v) is 6.62. The molecule has 4 heteroatoms. The fraction of sp³-hybridized carbons (Fsp3) is 0.273. The lowest BCUT2D eigenvalue weighted by Crippen LogP contribution is -2.44. The van der Waals surface area contributed by atoms with Gasteiger partial charge < -0.3 is 9.80 Å². The molecule has 2 aromatic rings. The van der Waals surface area contributed by atoms with Gasteiger partial charge in [0, 0.05) is 25.5 Å². The van der Waals surface area contributed by atoms with Crippen LogP contribution in [0.5, 0.6) is 0 Å². The Kier molecular flexibility index (Phi) is 5.52. The molecule has 0 saturated heterocycles. The number of rotatable bonds is 4. The Labute approximate surface area is 154 Å². The van der Waals surface area contributed by atoms with Gasteiger partial charge in [0.2, 0.25) is 11.8 Å². The molecule has 134 valence electrons. The summed E-state index contributed by atoms with van der Waals surface area (Å²) in [6.45, 7) is 0. The van der Waals surface area contributed by atoms with Crippen molar-refractivity contribution >= 4 is 23.2 Å². The van der Waals surface area contributed by atoms with Crippen molar-refractivity contribution < 1.29 is 9.59 Å². The van der Waals surface area contributed by atoms with Crippen LogP contribution in [0.3, 0.4) is 0 Å². The lowest BCUT2D eigenvalue weighted by atomic mass is 9.81. The van der Waals surface area contributed by atoms with Gasteiger partial charge in [0.05, 0.1) is 11.8 Å². The predicted molar refractivity (Wildman–Crippen MR) is 105 cm³/mol. The number of benzene rings is 2. The molecule has 3 rings (SSSR count). The minimum atomic E-state index is -0.344. The van der Waals surface area contributed by atoms with Crippen molar-refractivity contribution in [2.24, 2.45) is 11.8 Å². The van der Waals surface area contributed by atoms with Gasteiger partial charge in [-0.25, -0.2) is 0 Å². The lowest BCUT2D eigenvalue weighted by molar-refractivity contribution is -0.131. The topological polar surface area (TPSA) is 40.6 Å². The maximum atomic E-state index is 13.1. The fourth-order valence-corrected chi connectivity index (χ4v) is 3.42. The van der Waals surface area contributed by atoms with Crippen molar-refractivity contribution in [3.05, 3.63) is 72.8 Å². The molecule has 4 nitrogen and oxygen atoms in total. The van der Waals surface area contributed by atoms with Gasteiger partial charge in [-0.1, -0.05) is 48.6 Å². The average molecular weight is 348 g/mol. The van der Waals surface area contributed by atoms with Crippen molar-refractivity contribution in [3.63, 3.8) is 0 Å². The summed E-state index contributed by atoms with van der Waals surface area (Å²) in [7, 11) is 3.55. The molecular weight excluding hydrogens is 324 g/mol. The molecule has 0 aromatic heterocycles. The van der Waals surface area contributed by atoms with E-state index in [9.17, 15) is 9.59 Å². The predicted octanol–water partition coefficient (Wildman–Crippen LogP) is 3.89. The van der Waals surface area contributed by atoms with E-state index >= 15 is 0 Å². The Hall–Kier alpha value is -2.88. The minimum absolute atomic E-state index is 0.0136. The monoisotopic (exact) mass is 348 g/mol. The van der Waals surface area contributed by atoms with E-state index in [4.69, 9.17) is 0 Å². The smallest absolute Gasteiger partial charge is 0.230 e. The van der Waals surface area contributed by atoms with E-state index in [1.807, 2.05) is 72.8 Å². The van der Waals surface area contributed by atoms with E-state index in [0.717, 1.165) is 11.4 Å². The molecule has 0 radical (unpaired) electrons. The Balaban J connectivity index is 1.80. The Morgan fingerprint density at radius 3 is 1.38 bits per heavy atom. The van der Waals surface area contributed by atoms with Crippen molar-refractivity contribution in [2.45, 2.75) is 12.8 Å². The van der Waals surface area contributed by atoms with E-state index < -0.39 is 0 Å². The van der Waals surface area contributed by atoms with E-state index in [2.05, 4.69) is 0 Å². The number of allylic oxidation sites excluding steroid dienone is 2. The van der Waals surface area contributed by atoms with Crippen LogP contribution < -0.4 is 9.80 Å². The molecule has 0 saturated carbocycles. The van der Waals surface area contributed by atoms with Crippen molar-refractivity contribution in [1.29, 1.82) is 0 Å². The zero-order valence-electron chi connectivity index (χ0n) is 15.2. The summed E-state index contributed by atoms with van der Waals surface area (Å²) in [6, 6.07) is 19.1. The van der Waals surface area contributed by atoms with Crippen LogP contribution in [-0.4, -0.2) is 25.9 Å². The molecule has 0 aliphatic heterocycles. The molecule has 2 amide bonds. The summed E-state index contributed by atoms with van der Waals surface area (Å²) in [5.41, 5.74) is 1.68.